The monoisotopic (exact) mass is 400 g/mol. The molecule has 0 aliphatic carbocycles. The second-order valence-electron chi connectivity index (χ2n) is 6.15. The molecule has 1 saturated heterocycles. The molecule has 2 rings (SSSR count). The molecule has 0 unspecified atom stereocenters. The van der Waals surface area contributed by atoms with Crippen LogP contribution in [0, 0.1) is 5.92 Å². The number of ether oxygens (including phenoxy) is 3. The minimum absolute atomic E-state index is 0.0558. The van der Waals surface area contributed by atoms with Crippen LogP contribution in [0.15, 0.2) is 30.3 Å². The molecule has 0 saturated carbocycles. The minimum atomic E-state index is -3.23. The van der Waals surface area contributed by atoms with Gasteiger partial charge in [0.25, 0.3) is 0 Å². The molecule has 1 fully saturated rings. The summed E-state index contributed by atoms with van der Waals surface area (Å²) < 4.78 is 40.5. The van der Waals surface area contributed by atoms with Crippen molar-refractivity contribution in [2.75, 3.05) is 32.6 Å². The smallest absolute Gasteiger partial charge is 0.338 e. The molecule has 0 spiro atoms. The van der Waals surface area contributed by atoms with E-state index in [9.17, 15) is 9.36 Å². The summed E-state index contributed by atoms with van der Waals surface area (Å²) in [6, 6.07) is 8.76. The molecule has 0 aromatic heterocycles. The number of benzene rings is 1. The van der Waals surface area contributed by atoms with Crippen molar-refractivity contribution in [1.29, 1.82) is 0 Å². The van der Waals surface area contributed by atoms with Gasteiger partial charge in [0.05, 0.1) is 31.0 Å². The van der Waals surface area contributed by atoms with Gasteiger partial charge in [-0.1, -0.05) is 18.2 Å². The molecular weight excluding hydrogens is 371 g/mol. The van der Waals surface area contributed by atoms with Crippen molar-refractivity contribution in [2.24, 2.45) is 5.92 Å². The Balaban J connectivity index is 2.01. The second-order valence-corrected chi connectivity index (χ2v) is 8.25. The highest BCUT2D eigenvalue weighted by atomic mass is 31.2. The van der Waals surface area contributed by atoms with Crippen molar-refractivity contribution in [3.05, 3.63) is 35.9 Å². The van der Waals surface area contributed by atoms with E-state index in [1.54, 1.807) is 38.1 Å². The molecule has 27 heavy (non-hydrogen) atoms. The topological polar surface area (TPSA) is 80.3 Å². The van der Waals surface area contributed by atoms with Crippen LogP contribution in [0.2, 0.25) is 0 Å². The van der Waals surface area contributed by atoms with Crippen molar-refractivity contribution in [3.63, 3.8) is 0 Å². The standard InChI is InChI=1S/C19H29O7P/c1-4-22-18-12-16(14-27(21,24-5-2)25-6-3)17(26-18)13-23-19(20)15-10-8-7-9-11-15/h7-11,16-18H,4-6,12-14H2,1-3H3/t16-,17-,18-/m1/s1. The van der Waals surface area contributed by atoms with Gasteiger partial charge < -0.3 is 23.3 Å². The molecule has 152 valence electrons. The lowest BCUT2D eigenvalue weighted by atomic mass is 10.0. The number of rotatable bonds is 11. The lowest BCUT2D eigenvalue weighted by Gasteiger charge is -2.23. The van der Waals surface area contributed by atoms with Crippen molar-refractivity contribution < 1.29 is 32.6 Å². The van der Waals surface area contributed by atoms with E-state index in [1.807, 2.05) is 13.0 Å². The Kier molecular flexibility index (Phi) is 8.93. The van der Waals surface area contributed by atoms with Crippen LogP contribution in [0.5, 0.6) is 0 Å². The molecule has 1 aromatic carbocycles. The summed E-state index contributed by atoms with van der Waals surface area (Å²) in [6.45, 7) is 6.59. The molecular formula is C19H29O7P. The summed E-state index contributed by atoms with van der Waals surface area (Å²) in [4.78, 5) is 12.2. The molecule has 1 aromatic rings. The molecule has 1 aliphatic rings. The van der Waals surface area contributed by atoms with E-state index in [1.165, 1.54) is 0 Å². The molecule has 1 heterocycles. The van der Waals surface area contributed by atoms with Gasteiger partial charge in [0, 0.05) is 18.9 Å². The van der Waals surface area contributed by atoms with E-state index < -0.39 is 26.0 Å². The van der Waals surface area contributed by atoms with Crippen molar-refractivity contribution in [2.45, 2.75) is 39.6 Å². The zero-order valence-electron chi connectivity index (χ0n) is 16.2. The zero-order valence-corrected chi connectivity index (χ0v) is 17.1. The van der Waals surface area contributed by atoms with Crippen LogP contribution in [-0.2, 0) is 27.8 Å². The third kappa shape index (κ3) is 6.70. The largest absolute Gasteiger partial charge is 0.459 e. The van der Waals surface area contributed by atoms with Gasteiger partial charge in [0.2, 0.25) is 0 Å². The number of carbonyl (C=O) groups excluding carboxylic acids is 1. The van der Waals surface area contributed by atoms with E-state index >= 15 is 0 Å². The summed E-state index contributed by atoms with van der Waals surface area (Å²) >= 11 is 0. The van der Waals surface area contributed by atoms with Gasteiger partial charge in [0.15, 0.2) is 6.29 Å². The maximum atomic E-state index is 12.9. The highest BCUT2D eigenvalue weighted by Gasteiger charge is 2.41. The molecule has 1 aliphatic heterocycles. The molecule has 7 nitrogen and oxygen atoms in total. The first-order valence-electron chi connectivity index (χ1n) is 9.38. The Labute approximate surface area is 160 Å². The van der Waals surface area contributed by atoms with Gasteiger partial charge in [-0.15, -0.1) is 0 Å². The highest BCUT2D eigenvalue weighted by molar-refractivity contribution is 7.53. The second kappa shape index (κ2) is 10.9. The Morgan fingerprint density at radius 3 is 2.37 bits per heavy atom. The van der Waals surface area contributed by atoms with Crippen LogP contribution in [0.25, 0.3) is 0 Å². The van der Waals surface area contributed by atoms with Crippen LogP contribution in [0.1, 0.15) is 37.6 Å². The normalized spacial score (nSPS) is 22.7. The maximum absolute atomic E-state index is 12.9. The lowest BCUT2D eigenvalue weighted by Crippen LogP contribution is -2.27. The molecule has 0 bridgehead atoms. The predicted molar refractivity (Wildman–Crippen MR) is 101 cm³/mol. The molecule has 3 atom stereocenters. The average Bonchev–Trinajstić information content (AvgIpc) is 3.02. The lowest BCUT2D eigenvalue weighted by molar-refractivity contribution is -0.139. The van der Waals surface area contributed by atoms with E-state index in [4.69, 9.17) is 23.3 Å². The Bertz CT molecular complexity index is 612. The fourth-order valence-electron chi connectivity index (χ4n) is 3.06. The molecule has 0 radical (unpaired) electrons. The van der Waals surface area contributed by atoms with Gasteiger partial charge in [-0.3, -0.25) is 4.57 Å². The van der Waals surface area contributed by atoms with E-state index in [0.717, 1.165) is 0 Å². The Morgan fingerprint density at radius 2 is 1.78 bits per heavy atom. The van der Waals surface area contributed by atoms with Gasteiger partial charge in [-0.05, 0) is 32.9 Å². The van der Waals surface area contributed by atoms with Gasteiger partial charge in [-0.2, -0.15) is 0 Å². The average molecular weight is 400 g/mol. The molecule has 0 amide bonds. The SMILES string of the molecule is CCO[C@H]1C[C@H](CP(=O)(OCC)OCC)[C@@H](COC(=O)c2ccccc2)O1. The van der Waals surface area contributed by atoms with Gasteiger partial charge in [0.1, 0.15) is 6.61 Å². The highest BCUT2D eigenvalue weighted by Crippen LogP contribution is 2.52. The summed E-state index contributed by atoms with van der Waals surface area (Å²) in [6.07, 6.45) is -0.0993. The number of esters is 1. The predicted octanol–water partition coefficient (Wildman–Crippen LogP) is 3.88. The number of carbonyl (C=O) groups is 1. The third-order valence-electron chi connectivity index (χ3n) is 4.20. The van der Waals surface area contributed by atoms with E-state index in [-0.39, 0.29) is 18.7 Å². The quantitative estimate of drug-likeness (QED) is 0.412. The van der Waals surface area contributed by atoms with Crippen LogP contribution in [-0.4, -0.2) is 51.0 Å². The van der Waals surface area contributed by atoms with Crippen molar-refractivity contribution >= 4 is 13.6 Å². The van der Waals surface area contributed by atoms with Crippen LogP contribution in [0.3, 0.4) is 0 Å². The van der Waals surface area contributed by atoms with Crippen molar-refractivity contribution in [1.82, 2.24) is 0 Å². The van der Waals surface area contributed by atoms with Gasteiger partial charge >= 0.3 is 13.6 Å². The molecule has 0 N–H and O–H groups in total. The van der Waals surface area contributed by atoms with E-state index in [2.05, 4.69) is 0 Å². The first-order valence-corrected chi connectivity index (χ1v) is 11.1. The number of hydrogen-bond acceptors (Lipinski definition) is 7. The fraction of sp³-hybridized carbons (Fsp3) is 0.632. The fourth-order valence-corrected chi connectivity index (χ4v) is 5.09. The van der Waals surface area contributed by atoms with Crippen LogP contribution in [0.4, 0.5) is 0 Å². The third-order valence-corrected chi connectivity index (χ3v) is 6.42. The molecule has 8 heteroatoms. The van der Waals surface area contributed by atoms with Crippen molar-refractivity contribution in [3.8, 4) is 0 Å². The number of hydrogen-bond donors (Lipinski definition) is 0. The Hall–Kier alpha value is -1.24. The minimum Gasteiger partial charge on any atom is -0.459 e. The van der Waals surface area contributed by atoms with Crippen LogP contribution >= 0.6 is 7.60 Å². The summed E-state index contributed by atoms with van der Waals surface area (Å²) in [5, 5.41) is 0. The Morgan fingerprint density at radius 1 is 1.11 bits per heavy atom. The zero-order chi connectivity index (χ0) is 19.7. The van der Waals surface area contributed by atoms with Gasteiger partial charge in [-0.25, -0.2) is 4.79 Å². The summed E-state index contributed by atoms with van der Waals surface area (Å²) in [5.41, 5.74) is 0.475. The summed E-state index contributed by atoms with van der Waals surface area (Å²) in [5.74, 6) is -0.579. The maximum Gasteiger partial charge on any atom is 0.338 e. The first kappa shape index (κ1) is 22.1. The first-order chi connectivity index (χ1) is 13.0. The van der Waals surface area contributed by atoms with E-state index in [0.29, 0.717) is 31.8 Å². The van der Waals surface area contributed by atoms with Crippen LogP contribution < -0.4 is 0 Å². The summed E-state index contributed by atoms with van der Waals surface area (Å²) in [7, 11) is -3.23.